The third kappa shape index (κ3) is 3.96. The fraction of sp³-hybridized carbons (Fsp3) is 0.312. The Labute approximate surface area is 119 Å². The van der Waals surface area contributed by atoms with Crippen LogP contribution >= 0.6 is 0 Å². The van der Waals surface area contributed by atoms with Crippen LogP contribution in [0.15, 0.2) is 48.9 Å². The van der Waals surface area contributed by atoms with Crippen LogP contribution < -0.4 is 5.32 Å². The van der Waals surface area contributed by atoms with E-state index in [-0.39, 0.29) is 11.8 Å². The molecule has 1 aromatic carbocycles. The Bertz CT molecular complexity index is 528. The van der Waals surface area contributed by atoms with Gasteiger partial charge in [0.05, 0.1) is 6.20 Å². The standard InChI is InChI=1S/C16H19N3O/c1-2-14(13-6-4-3-5-7-13)18-9-8-16(20)15-12-17-10-11-19-15/h3-7,10-12,14,18H,2,8-9H2,1H3. The first kappa shape index (κ1) is 14.3. The van der Waals surface area contributed by atoms with E-state index >= 15 is 0 Å². The third-order valence-corrected chi connectivity index (χ3v) is 3.20. The quantitative estimate of drug-likeness (QED) is 0.785. The predicted octanol–water partition coefficient (Wildman–Crippen LogP) is 2.79. The van der Waals surface area contributed by atoms with E-state index in [9.17, 15) is 4.79 Å². The van der Waals surface area contributed by atoms with Gasteiger partial charge in [-0.3, -0.25) is 9.78 Å². The van der Waals surface area contributed by atoms with Gasteiger partial charge in [-0.25, -0.2) is 4.98 Å². The number of ketones is 1. The number of hydrogen-bond donors (Lipinski definition) is 1. The summed E-state index contributed by atoms with van der Waals surface area (Å²) >= 11 is 0. The number of nitrogens with one attached hydrogen (secondary N) is 1. The zero-order valence-corrected chi connectivity index (χ0v) is 11.6. The summed E-state index contributed by atoms with van der Waals surface area (Å²) < 4.78 is 0. The van der Waals surface area contributed by atoms with Gasteiger partial charge in [-0.05, 0) is 12.0 Å². The Balaban J connectivity index is 1.84. The van der Waals surface area contributed by atoms with Crippen LogP contribution in [0, 0.1) is 0 Å². The molecular weight excluding hydrogens is 250 g/mol. The molecular formula is C16H19N3O. The largest absolute Gasteiger partial charge is 0.310 e. The first-order valence-electron chi connectivity index (χ1n) is 6.88. The number of rotatable bonds is 7. The molecule has 0 amide bonds. The fourth-order valence-corrected chi connectivity index (χ4v) is 2.11. The highest BCUT2D eigenvalue weighted by molar-refractivity contribution is 5.93. The molecule has 104 valence electrons. The molecule has 0 bridgehead atoms. The molecule has 2 rings (SSSR count). The molecule has 2 aromatic rings. The molecule has 0 saturated carbocycles. The second kappa shape index (κ2) is 7.50. The topological polar surface area (TPSA) is 54.9 Å². The number of hydrogen-bond acceptors (Lipinski definition) is 4. The average molecular weight is 269 g/mol. The molecule has 4 heteroatoms. The molecule has 0 radical (unpaired) electrons. The Kier molecular flexibility index (Phi) is 5.38. The van der Waals surface area contributed by atoms with Gasteiger partial charge in [0, 0.05) is 31.4 Å². The van der Waals surface area contributed by atoms with Crippen LogP contribution in [-0.2, 0) is 0 Å². The van der Waals surface area contributed by atoms with Crippen molar-refractivity contribution in [1.82, 2.24) is 15.3 Å². The first-order chi connectivity index (χ1) is 9.81. The van der Waals surface area contributed by atoms with Crippen molar-refractivity contribution in [3.63, 3.8) is 0 Å². The summed E-state index contributed by atoms with van der Waals surface area (Å²) in [6.07, 6.45) is 6.04. The van der Waals surface area contributed by atoms with Gasteiger partial charge in [0.25, 0.3) is 0 Å². The zero-order chi connectivity index (χ0) is 14.2. The van der Waals surface area contributed by atoms with Crippen LogP contribution in [0.3, 0.4) is 0 Å². The lowest BCUT2D eigenvalue weighted by Crippen LogP contribution is -2.24. The highest BCUT2D eigenvalue weighted by atomic mass is 16.1. The molecule has 1 N–H and O–H groups in total. The molecule has 0 spiro atoms. The molecule has 1 atom stereocenters. The monoisotopic (exact) mass is 269 g/mol. The van der Waals surface area contributed by atoms with Crippen molar-refractivity contribution < 1.29 is 4.79 Å². The Hall–Kier alpha value is -2.07. The maximum absolute atomic E-state index is 11.9. The SMILES string of the molecule is CCC(NCCC(=O)c1cnccn1)c1ccccc1. The van der Waals surface area contributed by atoms with Gasteiger partial charge in [0.1, 0.15) is 5.69 Å². The van der Waals surface area contributed by atoms with Gasteiger partial charge < -0.3 is 5.32 Å². The molecule has 1 unspecified atom stereocenters. The van der Waals surface area contributed by atoms with Crippen molar-refractivity contribution in [1.29, 1.82) is 0 Å². The van der Waals surface area contributed by atoms with Crippen LogP contribution in [0.25, 0.3) is 0 Å². The molecule has 0 aliphatic heterocycles. The number of aromatic nitrogens is 2. The molecule has 0 aliphatic rings. The van der Waals surface area contributed by atoms with E-state index in [1.54, 1.807) is 12.4 Å². The summed E-state index contributed by atoms with van der Waals surface area (Å²) in [6, 6.07) is 10.6. The zero-order valence-electron chi connectivity index (χ0n) is 11.6. The van der Waals surface area contributed by atoms with Crippen molar-refractivity contribution >= 4 is 5.78 Å². The minimum absolute atomic E-state index is 0.0218. The van der Waals surface area contributed by atoms with Crippen LogP contribution in [0.5, 0.6) is 0 Å². The van der Waals surface area contributed by atoms with Crippen LogP contribution in [-0.4, -0.2) is 22.3 Å². The minimum Gasteiger partial charge on any atom is -0.310 e. The molecule has 0 fully saturated rings. The van der Waals surface area contributed by atoms with Gasteiger partial charge in [-0.1, -0.05) is 37.3 Å². The lowest BCUT2D eigenvalue weighted by molar-refractivity contribution is 0.0976. The van der Waals surface area contributed by atoms with Gasteiger partial charge in [-0.15, -0.1) is 0 Å². The van der Waals surface area contributed by atoms with E-state index in [0.717, 1.165) is 6.42 Å². The van der Waals surface area contributed by atoms with Crippen molar-refractivity contribution in [3.8, 4) is 0 Å². The van der Waals surface area contributed by atoms with E-state index in [2.05, 4.69) is 34.3 Å². The van der Waals surface area contributed by atoms with Crippen molar-refractivity contribution in [2.45, 2.75) is 25.8 Å². The number of Topliss-reactive ketones (excluding diaryl/α,β-unsaturated/α-hetero) is 1. The molecule has 20 heavy (non-hydrogen) atoms. The fourth-order valence-electron chi connectivity index (χ4n) is 2.11. The Morgan fingerprint density at radius 1 is 1.25 bits per heavy atom. The minimum atomic E-state index is 0.0218. The van der Waals surface area contributed by atoms with E-state index in [1.165, 1.54) is 11.8 Å². The maximum Gasteiger partial charge on any atom is 0.184 e. The number of carbonyl (C=O) groups is 1. The van der Waals surface area contributed by atoms with Crippen LogP contribution in [0.2, 0.25) is 0 Å². The highest BCUT2D eigenvalue weighted by Gasteiger charge is 2.10. The van der Waals surface area contributed by atoms with E-state index in [1.807, 2.05) is 18.2 Å². The lowest BCUT2D eigenvalue weighted by Gasteiger charge is -2.17. The summed E-state index contributed by atoms with van der Waals surface area (Å²) in [5.74, 6) is 0.0218. The molecule has 1 aromatic heterocycles. The van der Waals surface area contributed by atoms with Crippen molar-refractivity contribution in [3.05, 3.63) is 60.2 Å². The molecule has 1 heterocycles. The molecule has 0 aliphatic carbocycles. The van der Waals surface area contributed by atoms with Crippen molar-refractivity contribution in [2.24, 2.45) is 0 Å². The Morgan fingerprint density at radius 3 is 2.70 bits per heavy atom. The number of nitrogens with zero attached hydrogens (tertiary/aromatic N) is 2. The van der Waals surface area contributed by atoms with E-state index in [4.69, 9.17) is 0 Å². The smallest absolute Gasteiger partial charge is 0.184 e. The third-order valence-electron chi connectivity index (χ3n) is 3.20. The van der Waals surface area contributed by atoms with E-state index in [0.29, 0.717) is 18.7 Å². The number of carbonyl (C=O) groups excluding carboxylic acids is 1. The normalized spacial score (nSPS) is 12.1. The van der Waals surface area contributed by atoms with E-state index < -0.39 is 0 Å². The lowest BCUT2D eigenvalue weighted by atomic mass is 10.0. The summed E-state index contributed by atoms with van der Waals surface area (Å²) in [4.78, 5) is 19.8. The number of benzene rings is 1. The first-order valence-corrected chi connectivity index (χ1v) is 6.88. The maximum atomic E-state index is 11.9. The predicted molar refractivity (Wildman–Crippen MR) is 78.5 cm³/mol. The molecule has 4 nitrogen and oxygen atoms in total. The highest BCUT2D eigenvalue weighted by Crippen LogP contribution is 2.15. The second-order valence-corrected chi connectivity index (χ2v) is 4.59. The average Bonchev–Trinajstić information content (AvgIpc) is 2.53. The van der Waals surface area contributed by atoms with Crippen molar-refractivity contribution in [2.75, 3.05) is 6.54 Å². The van der Waals surface area contributed by atoms with Crippen LogP contribution in [0.1, 0.15) is 41.9 Å². The summed E-state index contributed by atoms with van der Waals surface area (Å²) in [5.41, 5.74) is 1.68. The summed E-state index contributed by atoms with van der Waals surface area (Å²) in [5, 5.41) is 3.42. The second-order valence-electron chi connectivity index (χ2n) is 4.59. The van der Waals surface area contributed by atoms with Gasteiger partial charge in [-0.2, -0.15) is 0 Å². The summed E-state index contributed by atoms with van der Waals surface area (Å²) in [6.45, 7) is 2.78. The van der Waals surface area contributed by atoms with Crippen LogP contribution in [0.4, 0.5) is 0 Å². The summed E-state index contributed by atoms with van der Waals surface area (Å²) in [7, 11) is 0. The Morgan fingerprint density at radius 2 is 2.05 bits per heavy atom. The molecule has 0 saturated heterocycles. The van der Waals surface area contributed by atoms with Gasteiger partial charge in [0.2, 0.25) is 0 Å². The van der Waals surface area contributed by atoms with Gasteiger partial charge >= 0.3 is 0 Å². The van der Waals surface area contributed by atoms with Gasteiger partial charge in [0.15, 0.2) is 5.78 Å².